The van der Waals surface area contributed by atoms with Gasteiger partial charge in [-0.2, -0.15) is 9.61 Å². The molecule has 0 saturated carbocycles. The number of para-hydroxylation sites is 1. The van der Waals surface area contributed by atoms with Gasteiger partial charge < -0.3 is 4.74 Å². The fourth-order valence-electron chi connectivity index (χ4n) is 2.58. The van der Waals surface area contributed by atoms with Crippen LogP contribution in [-0.2, 0) is 0 Å². The molecule has 0 saturated heterocycles. The quantitative estimate of drug-likeness (QED) is 0.571. The van der Waals surface area contributed by atoms with Crippen molar-refractivity contribution in [3.05, 3.63) is 69.5 Å². The predicted octanol–water partition coefficient (Wildman–Crippen LogP) is 3.75. The van der Waals surface area contributed by atoms with Gasteiger partial charge in [-0.05, 0) is 43.7 Å². The number of hydrogen-bond donors (Lipinski definition) is 0. The second kappa shape index (κ2) is 5.72. The molecule has 1 unspecified atom stereocenters. The van der Waals surface area contributed by atoms with Crippen LogP contribution in [0, 0.1) is 6.92 Å². The summed E-state index contributed by atoms with van der Waals surface area (Å²) in [6.45, 7) is 3.94. The highest BCUT2D eigenvalue weighted by Crippen LogP contribution is 2.25. The SMILES string of the molecule is Cc1cccc(OC(C)c2nn3c(=O)c4ccccc4nc3s2)c1. The van der Waals surface area contributed by atoms with Gasteiger partial charge in [0.05, 0.1) is 10.9 Å². The molecule has 0 fully saturated rings. The number of aryl methyl sites for hydroxylation is 1. The molecule has 6 heteroatoms. The number of nitrogens with zero attached hydrogens (tertiary/aromatic N) is 3. The predicted molar refractivity (Wildman–Crippen MR) is 94.9 cm³/mol. The van der Waals surface area contributed by atoms with E-state index in [1.807, 2.05) is 56.3 Å². The van der Waals surface area contributed by atoms with E-state index in [0.29, 0.717) is 15.9 Å². The monoisotopic (exact) mass is 337 g/mol. The Morgan fingerprint density at radius 2 is 2.00 bits per heavy atom. The summed E-state index contributed by atoms with van der Waals surface area (Å²) in [5, 5.41) is 5.70. The molecule has 0 aliphatic rings. The molecule has 0 radical (unpaired) electrons. The third kappa shape index (κ3) is 2.55. The van der Waals surface area contributed by atoms with Crippen molar-refractivity contribution >= 4 is 27.2 Å². The molecule has 0 spiro atoms. The number of hydrogen-bond acceptors (Lipinski definition) is 5. The number of rotatable bonds is 3. The second-order valence-electron chi connectivity index (χ2n) is 5.65. The second-order valence-corrected chi connectivity index (χ2v) is 6.63. The van der Waals surface area contributed by atoms with Crippen molar-refractivity contribution in [3.63, 3.8) is 0 Å². The summed E-state index contributed by atoms with van der Waals surface area (Å²) < 4.78 is 7.31. The molecule has 0 aliphatic heterocycles. The van der Waals surface area contributed by atoms with E-state index >= 15 is 0 Å². The van der Waals surface area contributed by atoms with E-state index in [4.69, 9.17) is 4.74 Å². The standard InChI is InChI=1S/C18H15N3O2S/c1-11-6-5-7-13(10-11)23-12(2)16-20-21-17(22)14-8-3-4-9-15(14)19-18(21)24-16/h3-10,12H,1-2H3. The Kier molecular flexibility index (Phi) is 3.54. The lowest BCUT2D eigenvalue weighted by molar-refractivity contribution is 0.225. The summed E-state index contributed by atoms with van der Waals surface area (Å²) >= 11 is 1.37. The average molecular weight is 337 g/mol. The summed E-state index contributed by atoms with van der Waals surface area (Å²) in [5.41, 5.74) is 1.67. The molecule has 0 amide bonds. The summed E-state index contributed by atoms with van der Waals surface area (Å²) in [5.74, 6) is 0.784. The zero-order chi connectivity index (χ0) is 16.7. The van der Waals surface area contributed by atoms with Crippen LogP contribution in [0.5, 0.6) is 5.75 Å². The smallest absolute Gasteiger partial charge is 0.283 e. The van der Waals surface area contributed by atoms with Crippen LogP contribution in [0.1, 0.15) is 23.6 Å². The van der Waals surface area contributed by atoms with E-state index in [1.54, 1.807) is 6.07 Å². The summed E-state index contributed by atoms with van der Waals surface area (Å²) in [7, 11) is 0. The van der Waals surface area contributed by atoms with E-state index < -0.39 is 0 Å². The molecule has 120 valence electrons. The van der Waals surface area contributed by atoms with Crippen LogP contribution in [0.4, 0.5) is 0 Å². The van der Waals surface area contributed by atoms with Crippen molar-refractivity contribution in [2.75, 3.05) is 0 Å². The third-order valence-electron chi connectivity index (χ3n) is 3.77. The highest BCUT2D eigenvalue weighted by atomic mass is 32.1. The van der Waals surface area contributed by atoms with Gasteiger partial charge in [-0.25, -0.2) is 4.98 Å². The summed E-state index contributed by atoms with van der Waals surface area (Å²) in [4.78, 5) is 17.7. The Labute approximate surface area is 142 Å². The lowest BCUT2D eigenvalue weighted by atomic mass is 10.2. The minimum Gasteiger partial charge on any atom is -0.483 e. The molecule has 0 N–H and O–H groups in total. The van der Waals surface area contributed by atoms with Crippen molar-refractivity contribution in [1.29, 1.82) is 0 Å². The fourth-order valence-corrected chi connectivity index (χ4v) is 3.46. The summed E-state index contributed by atoms with van der Waals surface area (Å²) in [6, 6.07) is 15.2. The normalized spacial score (nSPS) is 12.6. The van der Waals surface area contributed by atoms with Crippen LogP contribution >= 0.6 is 11.3 Å². The first-order chi connectivity index (χ1) is 11.6. The number of aromatic nitrogens is 3. The topological polar surface area (TPSA) is 56.5 Å². The first kappa shape index (κ1) is 14.8. The minimum atomic E-state index is -0.263. The van der Waals surface area contributed by atoms with Gasteiger partial charge in [0.25, 0.3) is 5.56 Å². The van der Waals surface area contributed by atoms with Crippen molar-refractivity contribution in [1.82, 2.24) is 14.6 Å². The lowest BCUT2D eigenvalue weighted by Gasteiger charge is -2.11. The molecule has 5 nitrogen and oxygen atoms in total. The maximum absolute atomic E-state index is 12.6. The molecule has 4 aromatic rings. The summed E-state index contributed by atoms with van der Waals surface area (Å²) in [6.07, 6.45) is -0.263. The fraction of sp³-hybridized carbons (Fsp3) is 0.167. The molecule has 2 heterocycles. The van der Waals surface area contributed by atoms with Crippen LogP contribution in [0.2, 0.25) is 0 Å². The average Bonchev–Trinajstić information content (AvgIpc) is 3.00. The molecule has 0 bridgehead atoms. The van der Waals surface area contributed by atoms with Crippen LogP contribution in [0.15, 0.2) is 53.3 Å². The van der Waals surface area contributed by atoms with E-state index in [-0.39, 0.29) is 11.7 Å². The van der Waals surface area contributed by atoms with Gasteiger partial charge in [0.15, 0.2) is 5.01 Å². The molecule has 4 rings (SSSR count). The molecular formula is C18H15N3O2S. The first-order valence-corrected chi connectivity index (χ1v) is 8.45. The minimum absolute atomic E-state index is 0.152. The van der Waals surface area contributed by atoms with E-state index in [9.17, 15) is 4.79 Å². The number of benzene rings is 2. The van der Waals surface area contributed by atoms with Gasteiger partial charge in [0.1, 0.15) is 11.9 Å². The molecule has 0 aliphatic carbocycles. The maximum Gasteiger partial charge on any atom is 0.283 e. The van der Waals surface area contributed by atoms with E-state index in [1.165, 1.54) is 15.9 Å². The Hall–Kier alpha value is -2.73. The Morgan fingerprint density at radius 1 is 1.17 bits per heavy atom. The zero-order valence-electron chi connectivity index (χ0n) is 13.3. The van der Waals surface area contributed by atoms with Crippen LogP contribution in [-0.4, -0.2) is 14.6 Å². The van der Waals surface area contributed by atoms with Gasteiger partial charge in [0, 0.05) is 0 Å². The third-order valence-corrected chi connectivity index (χ3v) is 4.84. The van der Waals surface area contributed by atoms with Crippen LogP contribution < -0.4 is 10.3 Å². The van der Waals surface area contributed by atoms with Gasteiger partial charge in [-0.3, -0.25) is 4.79 Å². The highest BCUT2D eigenvalue weighted by Gasteiger charge is 2.16. The van der Waals surface area contributed by atoms with Crippen molar-refractivity contribution in [3.8, 4) is 5.75 Å². The van der Waals surface area contributed by atoms with Gasteiger partial charge in [-0.15, -0.1) is 0 Å². The number of ether oxygens (including phenoxy) is 1. The highest BCUT2D eigenvalue weighted by molar-refractivity contribution is 7.16. The van der Waals surface area contributed by atoms with Crippen molar-refractivity contribution in [2.24, 2.45) is 0 Å². The molecule has 24 heavy (non-hydrogen) atoms. The van der Waals surface area contributed by atoms with Gasteiger partial charge >= 0.3 is 0 Å². The van der Waals surface area contributed by atoms with Crippen molar-refractivity contribution in [2.45, 2.75) is 20.0 Å². The Balaban J connectivity index is 1.76. The van der Waals surface area contributed by atoms with Crippen molar-refractivity contribution < 1.29 is 4.74 Å². The lowest BCUT2D eigenvalue weighted by Crippen LogP contribution is -2.15. The zero-order valence-corrected chi connectivity index (χ0v) is 14.1. The number of fused-ring (bicyclic) bond motifs is 2. The van der Waals surface area contributed by atoms with Crippen LogP contribution in [0.3, 0.4) is 0 Å². The van der Waals surface area contributed by atoms with E-state index in [2.05, 4.69) is 10.1 Å². The van der Waals surface area contributed by atoms with Gasteiger partial charge in [0.2, 0.25) is 4.96 Å². The van der Waals surface area contributed by atoms with Crippen LogP contribution in [0.25, 0.3) is 15.9 Å². The van der Waals surface area contributed by atoms with Gasteiger partial charge in [-0.1, -0.05) is 35.6 Å². The molecular weight excluding hydrogens is 322 g/mol. The molecule has 1 atom stereocenters. The Morgan fingerprint density at radius 3 is 2.83 bits per heavy atom. The Bertz CT molecular complexity index is 1100. The maximum atomic E-state index is 12.6. The molecule has 2 aromatic heterocycles. The molecule has 2 aromatic carbocycles. The largest absolute Gasteiger partial charge is 0.483 e. The van der Waals surface area contributed by atoms with E-state index in [0.717, 1.165) is 16.3 Å². The first-order valence-electron chi connectivity index (χ1n) is 7.63.